The van der Waals surface area contributed by atoms with Gasteiger partial charge >= 0.3 is 0 Å². The first-order valence-electron chi connectivity index (χ1n) is 7.55. The van der Waals surface area contributed by atoms with Crippen LogP contribution in [0.2, 0.25) is 0 Å². The van der Waals surface area contributed by atoms with Crippen LogP contribution in [0.3, 0.4) is 0 Å². The Morgan fingerprint density at radius 2 is 2.14 bits per heavy atom. The summed E-state index contributed by atoms with van der Waals surface area (Å²) >= 11 is 0. The molecule has 0 saturated heterocycles. The summed E-state index contributed by atoms with van der Waals surface area (Å²) in [6.45, 7) is 2.08. The van der Waals surface area contributed by atoms with Gasteiger partial charge in [-0.2, -0.15) is 0 Å². The lowest BCUT2D eigenvalue weighted by Crippen LogP contribution is -2.27. The molecule has 22 heavy (non-hydrogen) atoms. The second-order valence-electron chi connectivity index (χ2n) is 5.79. The number of fused-ring (bicyclic) bond motifs is 1. The molecular weight excluding hydrogens is 280 g/mol. The number of amides is 2. The molecule has 1 fully saturated rings. The Morgan fingerprint density at radius 3 is 2.82 bits per heavy atom. The minimum Gasteiger partial charge on any atom is -0.355 e. The van der Waals surface area contributed by atoms with Crippen LogP contribution < -0.4 is 10.6 Å². The minimum absolute atomic E-state index is 0.0988. The Labute approximate surface area is 128 Å². The number of aryl methyl sites for hydroxylation is 1. The van der Waals surface area contributed by atoms with Gasteiger partial charge in [0.05, 0.1) is 11.0 Å². The fourth-order valence-electron chi connectivity index (χ4n) is 2.54. The van der Waals surface area contributed by atoms with Crippen molar-refractivity contribution in [2.24, 2.45) is 13.0 Å². The largest absolute Gasteiger partial charge is 0.355 e. The highest BCUT2D eigenvalue weighted by Crippen LogP contribution is 2.28. The number of aromatic nitrogens is 2. The van der Waals surface area contributed by atoms with Crippen molar-refractivity contribution in [2.45, 2.75) is 26.2 Å². The van der Waals surface area contributed by atoms with Crippen molar-refractivity contribution in [3.63, 3.8) is 0 Å². The smallest absolute Gasteiger partial charge is 0.223 e. The van der Waals surface area contributed by atoms with E-state index in [1.807, 2.05) is 29.8 Å². The standard InChI is InChI=1S/C16H20N4O2/c1-10(21)18-12-5-6-14-13(9-12)19-15(20(14)2)7-8-17-16(22)11-3-4-11/h5-6,9,11H,3-4,7-8H2,1-2H3,(H,17,22)(H,18,21). The fraction of sp³-hybridized carbons (Fsp3) is 0.438. The van der Waals surface area contributed by atoms with Crippen LogP contribution in [0.5, 0.6) is 0 Å². The van der Waals surface area contributed by atoms with Crippen LogP contribution in [0.1, 0.15) is 25.6 Å². The van der Waals surface area contributed by atoms with Crippen LogP contribution in [-0.2, 0) is 23.1 Å². The maximum absolute atomic E-state index is 11.6. The van der Waals surface area contributed by atoms with E-state index in [1.54, 1.807) is 0 Å². The zero-order chi connectivity index (χ0) is 15.7. The topological polar surface area (TPSA) is 76.0 Å². The lowest BCUT2D eigenvalue weighted by Gasteiger charge is -2.05. The van der Waals surface area contributed by atoms with Crippen molar-refractivity contribution >= 4 is 28.5 Å². The van der Waals surface area contributed by atoms with E-state index in [1.165, 1.54) is 6.92 Å². The molecule has 1 aliphatic rings. The van der Waals surface area contributed by atoms with E-state index in [2.05, 4.69) is 15.6 Å². The van der Waals surface area contributed by atoms with Gasteiger partial charge in [0.2, 0.25) is 11.8 Å². The minimum atomic E-state index is -0.0988. The summed E-state index contributed by atoms with van der Waals surface area (Å²) in [7, 11) is 1.96. The zero-order valence-electron chi connectivity index (χ0n) is 12.8. The van der Waals surface area contributed by atoms with E-state index in [0.29, 0.717) is 13.0 Å². The highest BCUT2D eigenvalue weighted by molar-refractivity contribution is 5.91. The van der Waals surface area contributed by atoms with E-state index < -0.39 is 0 Å². The van der Waals surface area contributed by atoms with Crippen LogP contribution in [-0.4, -0.2) is 27.9 Å². The quantitative estimate of drug-likeness (QED) is 0.880. The summed E-state index contributed by atoms with van der Waals surface area (Å²) in [4.78, 5) is 27.3. The molecule has 0 bridgehead atoms. The number of nitrogens with zero attached hydrogens (tertiary/aromatic N) is 2. The van der Waals surface area contributed by atoms with Gasteiger partial charge in [0.1, 0.15) is 5.82 Å². The maximum atomic E-state index is 11.6. The number of carbonyl (C=O) groups is 2. The third-order valence-corrected chi connectivity index (χ3v) is 3.89. The maximum Gasteiger partial charge on any atom is 0.223 e. The van der Waals surface area contributed by atoms with Crippen LogP contribution in [0.15, 0.2) is 18.2 Å². The first kappa shape index (κ1) is 14.6. The molecule has 1 aliphatic carbocycles. The molecule has 2 aromatic rings. The third kappa shape index (κ3) is 3.10. The van der Waals surface area contributed by atoms with Gasteiger partial charge in [-0.05, 0) is 31.0 Å². The van der Waals surface area contributed by atoms with Crippen LogP contribution in [0.25, 0.3) is 11.0 Å². The molecule has 0 radical (unpaired) electrons. The summed E-state index contributed by atoms with van der Waals surface area (Å²) in [5.41, 5.74) is 2.60. The Morgan fingerprint density at radius 1 is 1.36 bits per heavy atom. The molecule has 2 N–H and O–H groups in total. The molecule has 6 nitrogen and oxygen atoms in total. The van der Waals surface area contributed by atoms with Gasteiger partial charge in [-0.15, -0.1) is 0 Å². The van der Waals surface area contributed by atoms with Crippen LogP contribution in [0, 0.1) is 5.92 Å². The third-order valence-electron chi connectivity index (χ3n) is 3.89. The monoisotopic (exact) mass is 300 g/mol. The number of hydrogen-bond donors (Lipinski definition) is 2. The SMILES string of the molecule is CC(=O)Nc1ccc2c(c1)nc(CCNC(=O)C1CC1)n2C. The van der Waals surface area contributed by atoms with E-state index in [-0.39, 0.29) is 17.7 Å². The van der Waals surface area contributed by atoms with Gasteiger partial charge in [0, 0.05) is 38.5 Å². The van der Waals surface area contributed by atoms with Crippen molar-refractivity contribution in [3.05, 3.63) is 24.0 Å². The lowest BCUT2D eigenvalue weighted by molar-refractivity contribution is -0.122. The highest BCUT2D eigenvalue weighted by Gasteiger charge is 2.29. The van der Waals surface area contributed by atoms with Gasteiger partial charge in [0.15, 0.2) is 0 Å². The molecule has 1 saturated carbocycles. The average molecular weight is 300 g/mol. The molecule has 116 valence electrons. The van der Waals surface area contributed by atoms with Gasteiger partial charge in [-0.1, -0.05) is 0 Å². The second kappa shape index (κ2) is 5.79. The molecule has 0 spiro atoms. The van der Waals surface area contributed by atoms with Crippen LogP contribution >= 0.6 is 0 Å². The normalized spacial score (nSPS) is 14.1. The molecule has 0 atom stereocenters. The van der Waals surface area contributed by atoms with Crippen molar-refractivity contribution in [1.29, 1.82) is 0 Å². The molecule has 1 aromatic heterocycles. The van der Waals surface area contributed by atoms with Crippen molar-refractivity contribution in [2.75, 3.05) is 11.9 Å². The van der Waals surface area contributed by atoms with E-state index >= 15 is 0 Å². The van der Waals surface area contributed by atoms with Crippen molar-refractivity contribution in [3.8, 4) is 0 Å². The Kier molecular flexibility index (Phi) is 3.83. The number of rotatable bonds is 5. The van der Waals surface area contributed by atoms with Gasteiger partial charge in [-0.25, -0.2) is 4.98 Å². The van der Waals surface area contributed by atoms with E-state index in [0.717, 1.165) is 35.4 Å². The molecule has 0 unspecified atom stereocenters. The Hall–Kier alpha value is -2.37. The molecule has 2 amide bonds. The molecule has 1 aromatic carbocycles. The zero-order valence-corrected chi connectivity index (χ0v) is 12.8. The molecule has 0 aliphatic heterocycles. The average Bonchev–Trinajstić information content (AvgIpc) is 3.25. The summed E-state index contributed by atoms with van der Waals surface area (Å²) in [6.07, 6.45) is 2.73. The summed E-state index contributed by atoms with van der Waals surface area (Å²) in [5, 5.41) is 5.71. The number of imidazole rings is 1. The van der Waals surface area contributed by atoms with Crippen LogP contribution in [0.4, 0.5) is 5.69 Å². The molecule has 3 rings (SSSR count). The number of nitrogens with one attached hydrogen (secondary N) is 2. The summed E-state index contributed by atoms with van der Waals surface area (Å²) in [5.74, 6) is 1.22. The molecule has 6 heteroatoms. The molecular formula is C16H20N4O2. The lowest BCUT2D eigenvalue weighted by atomic mass is 10.2. The first-order valence-corrected chi connectivity index (χ1v) is 7.55. The summed E-state index contributed by atoms with van der Waals surface area (Å²) < 4.78 is 2.02. The van der Waals surface area contributed by atoms with E-state index in [4.69, 9.17) is 0 Å². The number of carbonyl (C=O) groups excluding carboxylic acids is 2. The van der Waals surface area contributed by atoms with Crippen molar-refractivity contribution < 1.29 is 9.59 Å². The first-order chi connectivity index (χ1) is 10.5. The Bertz CT molecular complexity index is 731. The van der Waals surface area contributed by atoms with Crippen molar-refractivity contribution in [1.82, 2.24) is 14.9 Å². The van der Waals surface area contributed by atoms with Gasteiger partial charge in [-0.3, -0.25) is 9.59 Å². The predicted octanol–water partition coefficient (Wildman–Crippen LogP) is 1.60. The van der Waals surface area contributed by atoms with E-state index in [9.17, 15) is 9.59 Å². The number of benzene rings is 1. The Balaban J connectivity index is 1.70. The van der Waals surface area contributed by atoms with Gasteiger partial charge < -0.3 is 15.2 Å². The van der Waals surface area contributed by atoms with Gasteiger partial charge in [0.25, 0.3) is 0 Å². The highest BCUT2D eigenvalue weighted by atomic mass is 16.2. The number of anilines is 1. The molecule has 1 heterocycles. The second-order valence-corrected chi connectivity index (χ2v) is 5.79. The number of hydrogen-bond acceptors (Lipinski definition) is 3. The summed E-state index contributed by atoms with van der Waals surface area (Å²) in [6, 6.07) is 5.67. The fourth-order valence-corrected chi connectivity index (χ4v) is 2.54. The predicted molar refractivity (Wildman–Crippen MR) is 84.5 cm³/mol.